The van der Waals surface area contributed by atoms with Gasteiger partial charge >= 0.3 is 12.0 Å². The number of aliphatic carboxylic acids is 1. The summed E-state index contributed by atoms with van der Waals surface area (Å²) >= 11 is 1.45. The summed E-state index contributed by atoms with van der Waals surface area (Å²) in [5, 5.41) is 11.7. The van der Waals surface area contributed by atoms with Gasteiger partial charge in [-0.3, -0.25) is 0 Å². The number of nitrogens with one attached hydrogen (secondary N) is 2. The molecule has 1 atom stereocenters. The van der Waals surface area contributed by atoms with Crippen LogP contribution in [0.25, 0.3) is 0 Å². The van der Waals surface area contributed by atoms with Gasteiger partial charge in [-0.2, -0.15) is 0 Å². The van der Waals surface area contributed by atoms with E-state index < -0.39 is 12.0 Å². The minimum Gasteiger partial charge on any atom is -0.480 e. The van der Waals surface area contributed by atoms with Crippen LogP contribution in [0.3, 0.4) is 0 Å². The Morgan fingerprint density at radius 3 is 3.17 bits per heavy atom. The van der Waals surface area contributed by atoms with Crippen LogP contribution in [0.4, 0.5) is 4.79 Å². The van der Waals surface area contributed by atoms with E-state index in [1.165, 1.54) is 16.7 Å². The number of H-pyrrole nitrogens is 1. The highest BCUT2D eigenvalue weighted by Crippen LogP contribution is 2.20. The second-order valence-electron chi connectivity index (χ2n) is 3.88. The number of carbonyl (C=O) groups is 2. The molecule has 0 aromatic carbocycles. The maximum absolute atomic E-state index is 11.8. The number of imidazole rings is 1. The van der Waals surface area contributed by atoms with Gasteiger partial charge in [-0.15, -0.1) is 11.8 Å². The molecule has 0 radical (unpaired) electrons. The Hall–Kier alpha value is -1.70. The molecule has 2 amide bonds. The Morgan fingerprint density at radius 2 is 2.50 bits per heavy atom. The van der Waals surface area contributed by atoms with E-state index >= 15 is 0 Å². The van der Waals surface area contributed by atoms with E-state index in [1.54, 1.807) is 12.5 Å². The average molecular weight is 270 g/mol. The van der Waals surface area contributed by atoms with E-state index in [9.17, 15) is 9.59 Å². The molecule has 0 bridgehead atoms. The Labute approximate surface area is 108 Å². The summed E-state index contributed by atoms with van der Waals surface area (Å²) in [5.41, 5.74) is 0.931. The number of aromatic nitrogens is 2. The van der Waals surface area contributed by atoms with Crippen molar-refractivity contribution in [2.24, 2.45) is 0 Å². The molecule has 2 rings (SSSR count). The second kappa shape index (κ2) is 5.76. The molecule has 2 heterocycles. The van der Waals surface area contributed by atoms with Crippen LogP contribution < -0.4 is 5.32 Å². The summed E-state index contributed by atoms with van der Waals surface area (Å²) in [6, 6.07) is -1.05. The van der Waals surface area contributed by atoms with Crippen molar-refractivity contribution >= 4 is 23.8 Å². The van der Waals surface area contributed by atoms with Crippen molar-refractivity contribution in [1.29, 1.82) is 0 Å². The zero-order chi connectivity index (χ0) is 13.0. The van der Waals surface area contributed by atoms with Crippen LogP contribution in [-0.4, -0.2) is 56.2 Å². The van der Waals surface area contributed by atoms with Crippen LogP contribution in [-0.2, 0) is 11.2 Å². The van der Waals surface area contributed by atoms with Crippen LogP contribution in [0.1, 0.15) is 5.69 Å². The number of hydrogen-bond acceptors (Lipinski definition) is 4. The fourth-order valence-electron chi connectivity index (χ4n) is 1.67. The van der Waals surface area contributed by atoms with E-state index in [1.807, 2.05) is 0 Å². The first-order valence-corrected chi connectivity index (χ1v) is 6.66. The highest BCUT2D eigenvalue weighted by molar-refractivity contribution is 7.99. The third-order valence-electron chi connectivity index (χ3n) is 2.65. The number of rotatable bonds is 4. The standard InChI is InChI=1S/C10H14N4O3S/c15-9(16)8-4-18-6-14(8)10(17)12-2-1-7-3-11-5-13-7/h3,5,8H,1-2,4,6H2,(H,11,13)(H,12,17)(H,15,16)/t8-/m0/s1. The van der Waals surface area contributed by atoms with Gasteiger partial charge in [0.2, 0.25) is 0 Å². The summed E-state index contributed by atoms with van der Waals surface area (Å²) in [5.74, 6) is -0.0837. The number of carboxylic acid groups (broad SMARTS) is 1. The van der Waals surface area contributed by atoms with Crippen molar-refractivity contribution < 1.29 is 14.7 Å². The molecule has 18 heavy (non-hydrogen) atoms. The Kier molecular flexibility index (Phi) is 4.08. The fraction of sp³-hybridized carbons (Fsp3) is 0.500. The predicted octanol–water partition coefficient (Wildman–Crippen LogP) is 0.121. The molecule has 1 aliphatic heterocycles. The lowest BCUT2D eigenvalue weighted by molar-refractivity contribution is -0.140. The molecule has 0 unspecified atom stereocenters. The first-order valence-electron chi connectivity index (χ1n) is 5.51. The molecular formula is C10H14N4O3S. The summed E-state index contributed by atoms with van der Waals surface area (Å²) < 4.78 is 0. The second-order valence-corrected chi connectivity index (χ2v) is 4.88. The van der Waals surface area contributed by atoms with Crippen molar-refractivity contribution in [2.45, 2.75) is 12.5 Å². The molecule has 1 saturated heterocycles. The predicted molar refractivity (Wildman–Crippen MR) is 66.3 cm³/mol. The topological polar surface area (TPSA) is 98.3 Å². The highest BCUT2D eigenvalue weighted by atomic mass is 32.2. The van der Waals surface area contributed by atoms with Gasteiger partial charge in [-0.1, -0.05) is 0 Å². The molecule has 1 aliphatic rings. The number of hydrogen-bond donors (Lipinski definition) is 3. The summed E-state index contributed by atoms with van der Waals surface area (Å²) in [4.78, 5) is 30.9. The Morgan fingerprint density at radius 1 is 1.67 bits per heavy atom. The monoisotopic (exact) mass is 270 g/mol. The molecule has 7 nitrogen and oxygen atoms in total. The van der Waals surface area contributed by atoms with Crippen LogP contribution >= 0.6 is 11.8 Å². The van der Waals surface area contributed by atoms with Crippen LogP contribution in [0.2, 0.25) is 0 Å². The Bertz CT molecular complexity index is 423. The number of urea groups is 1. The molecule has 1 aromatic heterocycles. The van der Waals surface area contributed by atoms with E-state index in [0.29, 0.717) is 24.6 Å². The number of carbonyl (C=O) groups excluding carboxylic acids is 1. The number of aromatic amines is 1. The van der Waals surface area contributed by atoms with E-state index in [-0.39, 0.29) is 6.03 Å². The SMILES string of the molecule is O=C(O)[C@@H]1CSCN1C(=O)NCCc1cnc[nH]1. The van der Waals surface area contributed by atoms with Gasteiger partial charge in [-0.05, 0) is 0 Å². The van der Waals surface area contributed by atoms with Crippen LogP contribution in [0.15, 0.2) is 12.5 Å². The number of amides is 2. The molecule has 98 valence electrons. The molecule has 0 aliphatic carbocycles. The molecule has 3 N–H and O–H groups in total. The van der Waals surface area contributed by atoms with Gasteiger partial charge in [0.1, 0.15) is 6.04 Å². The van der Waals surface area contributed by atoms with Gasteiger partial charge in [0.25, 0.3) is 0 Å². The fourth-order valence-corrected chi connectivity index (χ4v) is 2.82. The van der Waals surface area contributed by atoms with Gasteiger partial charge in [-0.25, -0.2) is 14.6 Å². The first-order chi connectivity index (χ1) is 8.68. The minimum atomic E-state index is -0.955. The summed E-state index contributed by atoms with van der Waals surface area (Å²) in [7, 11) is 0. The number of carboxylic acids is 1. The quantitative estimate of drug-likeness (QED) is 0.722. The summed E-state index contributed by atoms with van der Waals surface area (Å²) in [6.07, 6.45) is 3.91. The maximum atomic E-state index is 11.8. The molecular weight excluding hydrogens is 256 g/mol. The third kappa shape index (κ3) is 2.95. The number of nitrogens with zero attached hydrogens (tertiary/aromatic N) is 2. The molecule has 0 spiro atoms. The molecule has 1 fully saturated rings. The van der Waals surface area contributed by atoms with Crippen LogP contribution in [0, 0.1) is 0 Å². The van der Waals surface area contributed by atoms with E-state index in [4.69, 9.17) is 5.11 Å². The zero-order valence-electron chi connectivity index (χ0n) is 9.63. The maximum Gasteiger partial charge on any atom is 0.327 e. The Balaban J connectivity index is 1.79. The van der Waals surface area contributed by atoms with Gasteiger partial charge < -0.3 is 20.3 Å². The lowest BCUT2D eigenvalue weighted by Crippen LogP contribution is -2.47. The lowest BCUT2D eigenvalue weighted by atomic mass is 10.3. The third-order valence-corrected chi connectivity index (χ3v) is 3.67. The van der Waals surface area contributed by atoms with Gasteiger partial charge in [0.05, 0.1) is 12.2 Å². The summed E-state index contributed by atoms with van der Waals surface area (Å²) in [6.45, 7) is 0.453. The van der Waals surface area contributed by atoms with Crippen molar-refractivity contribution in [3.8, 4) is 0 Å². The van der Waals surface area contributed by atoms with Crippen molar-refractivity contribution in [3.63, 3.8) is 0 Å². The molecule has 1 aromatic rings. The average Bonchev–Trinajstić information content (AvgIpc) is 2.99. The minimum absolute atomic E-state index is 0.327. The van der Waals surface area contributed by atoms with Gasteiger partial charge in [0.15, 0.2) is 0 Å². The number of thioether (sulfide) groups is 1. The zero-order valence-corrected chi connectivity index (χ0v) is 10.4. The van der Waals surface area contributed by atoms with Gasteiger partial charge in [0, 0.05) is 30.6 Å². The van der Waals surface area contributed by atoms with Crippen molar-refractivity contribution in [3.05, 3.63) is 18.2 Å². The van der Waals surface area contributed by atoms with E-state index in [2.05, 4.69) is 15.3 Å². The largest absolute Gasteiger partial charge is 0.480 e. The normalized spacial score (nSPS) is 18.9. The van der Waals surface area contributed by atoms with Crippen molar-refractivity contribution in [2.75, 3.05) is 18.2 Å². The smallest absolute Gasteiger partial charge is 0.327 e. The van der Waals surface area contributed by atoms with Crippen LogP contribution in [0.5, 0.6) is 0 Å². The highest BCUT2D eigenvalue weighted by Gasteiger charge is 2.34. The van der Waals surface area contributed by atoms with Crippen molar-refractivity contribution in [1.82, 2.24) is 20.2 Å². The lowest BCUT2D eigenvalue weighted by Gasteiger charge is -2.20. The molecule has 0 saturated carbocycles. The van der Waals surface area contributed by atoms with E-state index in [0.717, 1.165) is 5.69 Å². The first kappa shape index (κ1) is 12.7. The molecule has 8 heteroatoms.